The van der Waals surface area contributed by atoms with Crippen molar-refractivity contribution >= 4 is 11.7 Å². The van der Waals surface area contributed by atoms with Crippen LogP contribution in [0.15, 0.2) is 37.0 Å². The van der Waals surface area contributed by atoms with E-state index in [9.17, 15) is 9.59 Å². The van der Waals surface area contributed by atoms with Crippen LogP contribution in [0.5, 0.6) is 0 Å². The van der Waals surface area contributed by atoms with Crippen LogP contribution in [-0.2, 0) is 9.59 Å². The minimum Gasteiger partial charge on any atom is -0.331 e. The molecule has 0 aromatic heterocycles. The number of ketones is 1. The number of Topliss-reactive ketones (excluding diaryl/α,β-unsaturated/α-hetero) is 1. The maximum absolute atomic E-state index is 12.2. The van der Waals surface area contributed by atoms with Gasteiger partial charge in [0.1, 0.15) is 0 Å². The Morgan fingerprint density at radius 1 is 1.41 bits per heavy atom. The zero-order valence-electron chi connectivity index (χ0n) is 10.5. The van der Waals surface area contributed by atoms with Crippen molar-refractivity contribution < 1.29 is 9.59 Å². The van der Waals surface area contributed by atoms with Gasteiger partial charge in [-0.05, 0) is 5.41 Å². The van der Waals surface area contributed by atoms with E-state index in [-0.39, 0.29) is 17.1 Å². The van der Waals surface area contributed by atoms with E-state index in [1.165, 1.54) is 0 Å². The molecule has 0 radical (unpaired) electrons. The first-order valence-electron chi connectivity index (χ1n) is 5.68. The van der Waals surface area contributed by atoms with Crippen LogP contribution in [0.4, 0.5) is 0 Å². The van der Waals surface area contributed by atoms with Gasteiger partial charge in [-0.1, -0.05) is 32.1 Å². The first-order valence-corrected chi connectivity index (χ1v) is 5.68. The normalized spacial score (nSPS) is 17.5. The van der Waals surface area contributed by atoms with Crippen LogP contribution in [0.2, 0.25) is 0 Å². The molecule has 17 heavy (non-hydrogen) atoms. The lowest BCUT2D eigenvalue weighted by Gasteiger charge is -2.19. The Bertz CT molecular complexity index is 381. The Labute approximate surface area is 102 Å². The van der Waals surface area contributed by atoms with Crippen LogP contribution in [0.1, 0.15) is 20.3 Å². The Morgan fingerprint density at radius 3 is 2.29 bits per heavy atom. The third-order valence-electron chi connectivity index (χ3n) is 2.67. The number of carbonyl (C=O) groups excluding carboxylic acids is 2. The van der Waals surface area contributed by atoms with Crippen LogP contribution in [0.25, 0.3) is 0 Å². The summed E-state index contributed by atoms with van der Waals surface area (Å²) in [7, 11) is 0. The summed E-state index contributed by atoms with van der Waals surface area (Å²) in [6.07, 6.45) is 5.47. The van der Waals surface area contributed by atoms with Crippen molar-refractivity contribution in [1.29, 1.82) is 0 Å². The highest BCUT2D eigenvalue weighted by Crippen LogP contribution is 2.33. The lowest BCUT2D eigenvalue weighted by atomic mass is 9.93. The van der Waals surface area contributed by atoms with Crippen LogP contribution in [0, 0.1) is 5.41 Å². The van der Waals surface area contributed by atoms with Crippen molar-refractivity contribution in [2.45, 2.75) is 20.3 Å². The van der Waals surface area contributed by atoms with Gasteiger partial charge in [0.15, 0.2) is 5.78 Å². The summed E-state index contributed by atoms with van der Waals surface area (Å²) >= 11 is 0. The van der Waals surface area contributed by atoms with Crippen LogP contribution in [-0.4, -0.2) is 29.7 Å². The van der Waals surface area contributed by atoms with Crippen molar-refractivity contribution in [3.63, 3.8) is 0 Å². The molecule has 0 heterocycles. The molecule has 1 rings (SSSR count). The van der Waals surface area contributed by atoms with Gasteiger partial charge in [0.05, 0.1) is 5.57 Å². The SMILES string of the molecule is C=CCN(CC=C)C(=O)C1=CC(C)(C)CC1=O. The third kappa shape index (κ3) is 3.16. The van der Waals surface area contributed by atoms with Crippen LogP contribution < -0.4 is 0 Å². The number of hydrogen-bond acceptors (Lipinski definition) is 2. The fourth-order valence-corrected chi connectivity index (χ4v) is 1.93. The topological polar surface area (TPSA) is 37.4 Å². The first kappa shape index (κ1) is 13.4. The highest BCUT2D eigenvalue weighted by atomic mass is 16.2. The molecular formula is C14H19NO2. The predicted molar refractivity (Wildman–Crippen MR) is 68.5 cm³/mol. The average Bonchev–Trinajstić information content (AvgIpc) is 2.51. The van der Waals surface area contributed by atoms with Crippen molar-refractivity contribution in [3.05, 3.63) is 37.0 Å². The van der Waals surface area contributed by atoms with Crippen molar-refractivity contribution in [1.82, 2.24) is 4.90 Å². The maximum atomic E-state index is 12.2. The second kappa shape index (κ2) is 5.13. The van der Waals surface area contributed by atoms with Gasteiger partial charge in [-0.3, -0.25) is 9.59 Å². The van der Waals surface area contributed by atoms with E-state index in [0.717, 1.165) is 0 Å². The van der Waals surface area contributed by atoms with E-state index in [0.29, 0.717) is 25.1 Å². The largest absolute Gasteiger partial charge is 0.331 e. The molecular weight excluding hydrogens is 214 g/mol. The zero-order chi connectivity index (χ0) is 13.1. The molecule has 0 saturated carbocycles. The van der Waals surface area contributed by atoms with Gasteiger partial charge in [-0.2, -0.15) is 0 Å². The standard InChI is InChI=1S/C14H19NO2/c1-5-7-15(8-6-2)13(17)11-9-14(3,4)10-12(11)16/h5-6,9H,1-2,7-8,10H2,3-4H3. The molecule has 92 valence electrons. The highest BCUT2D eigenvalue weighted by molar-refractivity contribution is 6.21. The molecule has 0 atom stereocenters. The zero-order valence-corrected chi connectivity index (χ0v) is 10.5. The number of nitrogens with zero attached hydrogens (tertiary/aromatic N) is 1. The van der Waals surface area contributed by atoms with E-state index in [1.807, 2.05) is 13.8 Å². The van der Waals surface area contributed by atoms with E-state index < -0.39 is 0 Å². The monoisotopic (exact) mass is 233 g/mol. The molecule has 3 nitrogen and oxygen atoms in total. The van der Waals surface area contributed by atoms with Gasteiger partial charge in [0.2, 0.25) is 0 Å². The molecule has 0 aromatic rings. The maximum Gasteiger partial charge on any atom is 0.257 e. The quantitative estimate of drug-likeness (QED) is 0.539. The summed E-state index contributed by atoms with van der Waals surface area (Å²) in [5.74, 6) is -0.293. The highest BCUT2D eigenvalue weighted by Gasteiger charge is 2.35. The van der Waals surface area contributed by atoms with Gasteiger partial charge < -0.3 is 4.90 Å². The summed E-state index contributed by atoms with van der Waals surface area (Å²) in [5.41, 5.74) is 0.0922. The molecule has 1 aliphatic carbocycles. The van der Waals surface area contributed by atoms with E-state index in [2.05, 4.69) is 13.2 Å². The van der Waals surface area contributed by atoms with Gasteiger partial charge in [0.25, 0.3) is 5.91 Å². The molecule has 0 spiro atoms. The van der Waals surface area contributed by atoms with Gasteiger partial charge >= 0.3 is 0 Å². The molecule has 0 unspecified atom stereocenters. The molecule has 0 aliphatic heterocycles. The van der Waals surface area contributed by atoms with Crippen molar-refractivity contribution in [2.75, 3.05) is 13.1 Å². The van der Waals surface area contributed by atoms with Gasteiger partial charge in [0, 0.05) is 19.5 Å². The van der Waals surface area contributed by atoms with E-state index >= 15 is 0 Å². The number of rotatable bonds is 5. The van der Waals surface area contributed by atoms with Gasteiger partial charge in [-0.15, -0.1) is 13.2 Å². The lowest BCUT2D eigenvalue weighted by Crippen LogP contribution is -2.33. The fraction of sp³-hybridized carbons (Fsp3) is 0.429. The Kier molecular flexibility index (Phi) is 4.05. The first-order chi connectivity index (χ1) is 7.91. The van der Waals surface area contributed by atoms with E-state index in [1.54, 1.807) is 23.1 Å². The molecule has 0 N–H and O–H groups in total. The summed E-state index contributed by atoms with van der Waals surface area (Å²) in [5, 5.41) is 0. The average molecular weight is 233 g/mol. The van der Waals surface area contributed by atoms with Gasteiger partial charge in [-0.25, -0.2) is 0 Å². The minimum atomic E-state index is -0.222. The van der Waals surface area contributed by atoms with E-state index in [4.69, 9.17) is 0 Å². The molecule has 0 aromatic carbocycles. The lowest BCUT2D eigenvalue weighted by molar-refractivity contribution is -0.128. The Hall–Kier alpha value is -1.64. The molecule has 3 heteroatoms. The third-order valence-corrected chi connectivity index (χ3v) is 2.67. The number of amides is 1. The minimum absolute atomic E-state index is 0.0712. The molecule has 0 saturated heterocycles. The second-order valence-corrected chi connectivity index (χ2v) is 4.93. The van der Waals surface area contributed by atoms with Crippen LogP contribution >= 0.6 is 0 Å². The molecule has 1 amide bonds. The summed E-state index contributed by atoms with van der Waals surface area (Å²) in [4.78, 5) is 25.5. The predicted octanol–water partition coefficient (Wildman–Crippen LogP) is 2.11. The number of allylic oxidation sites excluding steroid dienone is 1. The molecule has 0 fully saturated rings. The number of hydrogen-bond donors (Lipinski definition) is 0. The van der Waals surface area contributed by atoms with Crippen molar-refractivity contribution in [3.8, 4) is 0 Å². The Morgan fingerprint density at radius 2 is 1.94 bits per heavy atom. The Balaban J connectivity index is 2.91. The fourth-order valence-electron chi connectivity index (χ4n) is 1.93. The van der Waals surface area contributed by atoms with Crippen LogP contribution in [0.3, 0.4) is 0 Å². The molecule has 0 bridgehead atoms. The summed E-state index contributed by atoms with van der Waals surface area (Å²) < 4.78 is 0. The summed E-state index contributed by atoms with van der Waals surface area (Å²) in [6.45, 7) is 12.0. The number of carbonyl (C=O) groups is 2. The summed E-state index contributed by atoms with van der Waals surface area (Å²) in [6, 6.07) is 0. The second-order valence-electron chi connectivity index (χ2n) is 4.93. The molecule has 1 aliphatic rings. The smallest absolute Gasteiger partial charge is 0.257 e. The van der Waals surface area contributed by atoms with Crippen molar-refractivity contribution in [2.24, 2.45) is 5.41 Å².